The monoisotopic (exact) mass is 279 g/mol. The number of morpholine rings is 1. The smallest absolute Gasteiger partial charge is 0.260 e. The molecule has 0 spiro atoms. The summed E-state index contributed by atoms with van der Waals surface area (Å²) in [5, 5.41) is 9.93. The van der Waals surface area contributed by atoms with Crippen molar-refractivity contribution in [2.45, 2.75) is 19.4 Å². The molecule has 1 aliphatic rings. The summed E-state index contributed by atoms with van der Waals surface area (Å²) in [7, 11) is 0. The molecule has 1 atom stereocenters. The summed E-state index contributed by atoms with van der Waals surface area (Å²) in [6.45, 7) is 4.28. The molecular formula is C15H21NO4. The van der Waals surface area contributed by atoms with E-state index in [9.17, 15) is 9.90 Å². The number of aliphatic hydroxyl groups excluding tert-OH is 1. The first kappa shape index (κ1) is 14.8. The number of carbonyl (C=O) groups excluding carboxylic acids is 1. The second kappa shape index (κ2) is 7.26. The fourth-order valence-electron chi connectivity index (χ4n) is 2.15. The molecular weight excluding hydrogens is 258 g/mol. The van der Waals surface area contributed by atoms with Gasteiger partial charge in [-0.3, -0.25) is 4.79 Å². The zero-order valence-corrected chi connectivity index (χ0v) is 11.7. The van der Waals surface area contributed by atoms with Crippen molar-refractivity contribution < 1.29 is 19.4 Å². The van der Waals surface area contributed by atoms with E-state index in [2.05, 4.69) is 0 Å². The van der Waals surface area contributed by atoms with Crippen molar-refractivity contribution in [1.29, 1.82) is 0 Å². The van der Waals surface area contributed by atoms with Crippen LogP contribution < -0.4 is 4.74 Å². The molecule has 1 fully saturated rings. The Kier molecular flexibility index (Phi) is 5.38. The lowest BCUT2D eigenvalue weighted by atomic mass is 10.1. The number of ether oxygens (including phenoxy) is 2. The molecule has 0 aromatic heterocycles. The van der Waals surface area contributed by atoms with E-state index in [1.165, 1.54) is 0 Å². The summed E-state index contributed by atoms with van der Waals surface area (Å²) in [5.74, 6) is 0.526. The molecule has 5 nitrogen and oxygen atoms in total. The Morgan fingerprint density at radius 3 is 2.80 bits per heavy atom. The van der Waals surface area contributed by atoms with Crippen LogP contribution in [0.3, 0.4) is 0 Å². The molecule has 1 aliphatic heterocycles. The fraction of sp³-hybridized carbons (Fsp3) is 0.533. The Hall–Kier alpha value is -1.59. The van der Waals surface area contributed by atoms with Gasteiger partial charge in [-0.05, 0) is 12.5 Å². The van der Waals surface area contributed by atoms with Gasteiger partial charge in [0.1, 0.15) is 5.75 Å². The molecule has 0 aliphatic carbocycles. The van der Waals surface area contributed by atoms with Crippen LogP contribution >= 0.6 is 0 Å². The molecule has 1 aromatic rings. The van der Waals surface area contributed by atoms with E-state index in [1.807, 2.05) is 25.1 Å². The minimum absolute atomic E-state index is 0.00650. The lowest BCUT2D eigenvalue weighted by molar-refractivity contribution is -0.137. The molecule has 20 heavy (non-hydrogen) atoms. The second-order valence-electron chi connectivity index (χ2n) is 4.74. The van der Waals surface area contributed by atoms with E-state index < -0.39 is 6.10 Å². The maximum Gasteiger partial charge on any atom is 0.260 e. The molecule has 1 amide bonds. The third kappa shape index (κ3) is 3.71. The lowest BCUT2D eigenvalue weighted by Crippen LogP contribution is -2.43. The molecule has 5 heteroatoms. The summed E-state index contributed by atoms with van der Waals surface area (Å²) in [6, 6.07) is 7.29. The van der Waals surface area contributed by atoms with Crippen molar-refractivity contribution in [2.24, 2.45) is 0 Å². The number of amides is 1. The van der Waals surface area contributed by atoms with E-state index in [1.54, 1.807) is 11.0 Å². The number of hydrogen-bond donors (Lipinski definition) is 1. The standard InChI is InChI=1S/C15H21NO4/c1-2-13(17)12-5-3-4-6-14(12)20-11-15(18)16-7-9-19-10-8-16/h3-6,13,17H,2,7-11H2,1H3/t13-/m1/s1. The van der Waals surface area contributed by atoms with Crippen LogP contribution in [0.25, 0.3) is 0 Å². The Morgan fingerprint density at radius 1 is 1.40 bits per heavy atom. The van der Waals surface area contributed by atoms with Gasteiger partial charge < -0.3 is 19.5 Å². The van der Waals surface area contributed by atoms with Gasteiger partial charge in [-0.25, -0.2) is 0 Å². The topological polar surface area (TPSA) is 59.0 Å². The van der Waals surface area contributed by atoms with Crippen LogP contribution in [-0.4, -0.2) is 48.8 Å². The van der Waals surface area contributed by atoms with Gasteiger partial charge in [-0.15, -0.1) is 0 Å². The molecule has 1 N–H and O–H groups in total. The van der Waals surface area contributed by atoms with Crippen LogP contribution in [0.15, 0.2) is 24.3 Å². The van der Waals surface area contributed by atoms with Gasteiger partial charge in [0.2, 0.25) is 0 Å². The SMILES string of the molecule is CC[C@@H](O)c1ccccc1OCC(=O)N1CCOCC1. The summed E-state index contributed by atoms with van der Waals surface area (Å²) >= 11 is 0. The van der Waals surface area contributed by atoms with Crippen LogP contribution in [0, 0.1) is 0 Å². The predicted molar refractivity (Wildman–Crippen MR) is 74.6 cm³/mol. The molecule has 2 rings (SSSR count). The highest BCUT2D eigenvalue weighted by atomic mass is 16.5. The van der Waals surface area contributed by atoms with Crippen molar-refractivity contribution >= 4 is 5.91 Å². The maximum atomic E-state index is 12.0. The lowest BCUT2D eigenvalue weighted by Gasteiger charge is -2.27. The minimum Gasteiger partial charge on any atom is -0.483 e. The Morgan fingerprint density at radius 2 is 2.10 bits per heavy atom. The highest BCUT2D eigenvalue weighted by molar-refractivity contribution is 5.77. The molecule has 1 aromatic carbocycles. The fourth-order valence-corrected chi connectivity index (χ4v) is 2.15. The van der Waals surface area contributed by atoms with Crippen molar-refractivity contribution in [3.8, 4) is 5.75 Å². The Bertz CT molecular complexity index is 443. The molecule has 1 heterocycles. The van der Waals surface area contributed by atoms with Crippen LogP contribution in [-0.2, 0) is 9.53 Å². The van der Waals surface area contributed by atoms with Gasteiger partial charge in [0.05, 0.1) is 19.3 Å². The van der Waals surface area contributed by atoms with Crippen molar-refractivity contribution in [3.05, 3.63) is 29.8 Å². The van der Waals surface area contributed by atoms with E-state index >= 15 is 0 Å². The van der Waals surface area contributed by atoms with E-state index in [0.29, 0.717) is 38.5 Å². The van der Waals surface area contributed by atoms with Gasteiger partial charge in [0, 0.05) is 18.7 Å². The minimum atomic E-state index is -0.565. The van der Waals surface area contributed by atoms with Crippen molar-refractivity contribution in [1.82, 2.24) is 4.90 Å². The number of para-hydroxylation sites is 1. The summed E-state index contributed by atoms with van der Waals surface area (Å²) in [4.78, 5) is 13.7. The zero-order valence-electron chi connectivity index (χ0n) is 11.7. The average Bonchev–Trinajstić information content (AvgIpc) is 2.53. The first-order chi connectivity index (χ1) is 9.72. The molecule has 0 radical (unpaired) electrons. The molecule has 0 unspecified atom stereocenters. The summed E-state index contributed by atoms with van der Waals surface area (Å²) in [5.41, 5.74) is 0.727. The first-order valence-electron chi connectivity index (χ1n) is 6.97. The molecule has 0 saturated carbocycles. The quantitative estimate of drug-likeness (QED) is 0.884. The highest BCUT2D eigenvalue weighted by Gasteiger charge is 2.18. The number of carbonyl (C=O) groups is 1. The number of hydrogen-bond acceptors (Lipinski definition) is 4. The highest BCUT2D eigenvalue weighted by Crippen LogP contribution is 2.26. The van der Waals surface area contributed by atoms with E-state index in [0.717, 1.165) is 5.56 Å². The number of benzene rings is 1. The normalized spacial score (nSPS) is 16.8. The van der Waals surface area contributed by atoms with Crippen LogP contribution in [0.5, 0.6) is 5.75 Å². The predicted octanol–water partition coefficient (Wildman–Crippen LogP) is 1.37. The van der Waals surface area contributed by atoms with Crippen molar-refractivity contribution in [2.75, 3.05) is 32.9 Å². The van der Waals surface area contributed by atoms with E-state index in [4.69, 9.17) is 9.47 Å². The number of rotatable bonds is 5. The third-order valence-electron chi connectivity index (χ3n) is 3.38. The molecule has 110 valence electrons. The number of aliphatic hydroxyl groups is 1. The molecule has 1 saturated heterocycles. The van der Waals surface area contributed by atoms with Gasteiger partial charge in [0.15, 0.2) is 6.61 Å². The largest absolute Gasteiger partial charge is 0.483 e. The van der Waals surface area contributed by atoms with Gasteiger partial charge in [-0.2, -0.15) is 0 Å². The van der Waals surface area contributed by atoms with Gasteiger partial charge >= 0.3 is 0 Å². The van der Waals surface area contributed by atoms with Gasteiger partial charge in [0.25, 0.3) is 5.91 Å². The van der Waals surface area contributed by atoms with Gasteiger partial charge in [-0.1, -0.05) is 25.1 Å². The van der Waals surface area contributed by atoms with Crippen LogP contribution in [0.1, 0.15) is 25.0 Å². The molecule has 0 bridgehead atoms. The Labute approximate surface area is 119 Å². The van der Waals surface area contributed by atoms with E-state index in [-0.39, 0.29) is 12.5 Å². The summed E-state index contributed by atoms with van der Waals surface area (Å²) < 4.78 is 10.8. The first-order valence-corrected chi connectivity index (χ1v) is 6.97. The Balaban J connectivity index is 1.94. The van der Waals surface area contributed by atoms with Crippen LogP contribution in [0.4, 0.5) is 0 Å². The summed E-state index contributed by atoms with van der Waals surface area (Å²) in [6.07, 6.45) is 0.0438. The average molecular weight is 279 g/mol. The zero-order chi connectivity index (χ0) is 14.4. The third-order valence-corrected chi connectivity index (χ3v) is 3.38. The number of nitrogens with zero attached hydrogens (tertiary/aromatic N) is 1. The maximum absolute atomic E-state index is 12.0. The van der Waals surface area contributed by atoms with Crippen LogP contribution in [0.2, 0.25) is 0 Å². The van der Waals surface area contributed by atoms with Crippen molar-refractivity contribution in [3.63, 3.8) is 0 Å². The second-order valence-corrected chi connectivity index (χ2v) is 4.74.